The van der Waals surface area contributed by atoms with E-state index in [9.17, 15) is 9.59 Å². The van der Waals surface area contributed by atoms with Crippen LogP contribution < -0.4 is 0 Å². The lowest BCUT2D eigenvalue weighted by atomic mass is 9.83. The molecule has 0 saturated heterocycles. The van der Waals surface area contributed by atoms with Crippen molar-refractivity contribution in [3.63, 3.8) is 0 Å². The van der Waals surface area contributed by atoms with Crippen molar-refractivity contribution in [2.24, 2.45) is 4.99 Å². The van der Waals surface area contributed by atoms with E-state index in [0.29, 0.717) is 28.7 Å². The highest BCUT2D eigenvalue weighted by Gasteiger charge is 2.28. The van der Waals surface area contributed by atoms with Crippen molar-refractivity contribution in [3.05, 3.63) is 34.6 Å². The van der Waals surface area contributed by atoms with E-state index >= 15 is 0 Å². The monoisotopic (exact) mass is 229 g/mol. The topological polar surface area (TPSA) is 46.5 Å². The Labute approximate surface area is 101 Å². The van der Waals surface area contributed by atoms with E-state index in [2.05, 4.69) is 4.99 Å². The van der Waals surface area contributed by atoms with Crippen molar-refractivity contribution in [3.8, 4) is 0 Å². The van der Waals surface area contributed by atoms with Crippen molar-refractivity contribution in [1.29, 1.82) is 0 Å². The molecule has 0 aromatic carbocycles. The van der Waals surface area contributed by atoms with Gasteiger partial charge < -0.3 is 0 Å². The Kier molecular flexibility index (Phi) is 2.92. The minimum absolute atomic E-state index is 0.00537. The molecule has 1 aliphatic heterocycles. The second kappa shape index (κ2) is 4.24. The average Bonchev–Trinajstić information content (AvgIpc) is 2.82. The predicted molar refractivity (Wildman–Crippen MR) is 66.9 cm³/mol. The normalized spacial score (nSPS) is 20.5. The zero-order chi connectivity index (χ0) is 12.6. The van der Waals surface area contributed by atoms with Gasteiger partial charge in [0.1, 0.15) is 0 Å². The van der Waals surface area contributed by atoms with Gasteiger partial charge in [0.2, 0.25) is 0 Å². The smallest absolute Gasteiger partial charge is 0.185 e. The summed E-state index contributed by atoms with van der Waals surface area (Å²) in [6.07, 6.45) is 4.97. The van der Waals surface area contributed by atoms with Crippen molar-refractivity contribution < 1.29 is 9.59 Å². The Hall–Kier alpha value is -1.77. The van der Waals surface area contributed by atoms with Crippen molar-refractivity contribution >= 4 is 17.3 Å². The first kappa shape index (κ1) is 11.7. The molecule has 0 fully saturated rings. The van der Waals surface area contributed by atoms with Gasteiger partial charge in [-0.3, -0.25) is 14.6 Å². The van der Waals surface area contributed by atoms with Gasteiger partial charge >= 0.3 is 0 Å². The Bertz CT molecular complexity index is 530. The van der Waals surface area contributed by atoms with Crippen LogP contribution in [0.5, 0.6) is 0 Å². The van der Waals surface area contributed by atoms with E-state index in [1.807, 2.05) is 6.08 Å². The van der Waals surface area contributed by atoms with Crippen LogP contribution in [0.3, 0.4) is 0 Å². The van der Waals surface area contributed by atoms with Gasteiger partial charge in [0, 0.05) is 47.0 Å². The van der Waals surface area contributed by atoms with Crippen molar-refractivity contribution in [2.45, 2.75) is 33.6 Å². The van der Waals surface area contributed by atoms with Crippen LogP contribution in [0.15, 0.2) is 39.6 Å². The second-order valence-electron chi connectivity index (χ2n) is 4.47. The zero-order valence-corrected chi connectivity index (χ0v) is 10.3. The molecule has 3 heteroatoms. The first-order chi connectivity index (χ1) is 8.02. The lowest BCUT2D eigenvalue weighted by Crippen LogP contribution is -2.22. The highest BCUT2D eigenvalue weighted by atomic mass is 16.1. The summed E-state index contributed by atoms with van der Waals surface area (Å²) in [4.78, 5) is 28.3. The molecule has 0 N–H and O–H groups in total. The number of rotatable bonds is 2. The van der Waals surface area contributed by atoms with Crippen LogP contribution in [0.1, 0.15) is 33.6 Å². The quantitative estimate of drug-likeness (QED) is 0.683. The summed E-state index contributed by atoms with van der Waals surface area (Å²) in [6, 6.07) is 0. The Morgan fingerprint density at radius 3 is 2.29 bits per heavy atom. The van der Waals surface area contributed by atoms with Crippen LogP contribution in [0.4, 0.5) is 0 Å². The van der Waals surface area contributed by atoms with Crippen LogP contribution in [0.2, 0.25) is 0 Å². The summed E-state index contributed by atoms with van der Waals surface area (Å²) >= 11 is 0. The van der Waals surface area contributed by atoms with Gasteiger partial charge in [-0.2, -0.15) is 0 Å². The third kappa shape index (κ3) is 1.93. The van der Waals surface area contributed by atoms with Gasteiger partial charge in [-0.1, -0.05) is 6.08 Å². The maximum absolute atomic E-state index is 12.1. The van der Waals surface area contributed by atoms with Crippen LogP contribution in [-0.4, -0.2) is 17.3 Å². The molecule has 0 bridgehead atoms. The molecule has 2 aliphatic rings. The number of Topliss-reactive ketones (excluding diaryl/α,β-unsaturated/α-hetero) is 2. The number of hydrogen-bond donors (Lipinski definition) is 0. The number of nitrogens with zero attached hydrogens (tertiary/aromatic N) is 1. The molecule has 0 aromatic heterocycles. The molecule has 0 radical (unpaired) electrons. The van der Waals surface area contributed by atoms with Gasteiger partial charge in [-0.15, -0.1) is 0 Å². The molecule has 0 atom stereocenters. The molecule has 2 rings (SSSR count). The summed E-state index contributed by atoms with van der Waals surface area (Å²) in [5.41, 5.74) is 3.28. The van der Waals surface area contributed by atoms with Crippen LogP contribution in [0.25, 0.3) is 0 Å². The summed E-state index contributed by atoms with van der Waals surface area (Å²) < 4.78 is 0. The van der Waals surface area contributed by atoms with Gasteiger partial charge in [-0.25, -0.2) is 0 Å². The lowest BCUT2D eigenvalue weighted by molar-refractivity contribution is -0.116. The Morgan fingerprint density at radius 1 is 1.06 bits per heavy atom. The number of carbonyl (C=O) groups excluding carboxylic acids is 2. The number of carbonyl (C=O) groups is 2. The maximum atomic E-state index is 12.1. The minimum atomic E-state index is -0.0105. The summed E-state index contributed by atoms with van der Waals surface area (Å²) in [7, 11) is 0. The Morgan fingerprint density at radius 2 is 1.71 bits per heavy atom. The highest BCUT2D eigenvalue weighted by molar-refractivity contribution is 6.25. The minimum Gasteiger partial charge on any atom is -0.289 e. The summed E-state index contributed by atoms with van der Waals surface area (Å²) in [5, 5.41) is 0. The fourth-order valence-electron chi connectivity index (χ4n) is 2.09. The van der Waals surface area contributed by atoms with E-state index < -0.39 is 0 Å². The molecule has 0 aromatic rings. The first-order valence-corrected chi connectivity index (χ1v) is 5.69. The molecule has 0 amide bonds. The Balaban J connectivity index is 2.33. The standard InChI is InChI=1S/C14H15NO2/c1-8-9(2)14(17)12(10(3)13(8)16)7-11-5-4-6-15-11/h4,6H,5,7H2,1-3H3. The van der Waals surface area contributed by atoms with E-state index in [1.54, 1.807) is 27.0 Å². The summed E-state index contributed by atoms with van der Waals surface area (Å²) in [5.74, 6) is -0.0159. The molecular formula is C14H15NO2. The lowest BCUT2D eigenvalue weighted by Gasteiger charge is -2.18. The number of hydrogen-bond acceptors (Lipinski definition) is 3. The van der Waals surface area contributed by atoms with E-state index in [1.165, 1.54) is 0 Å². The fraction of sp³-hybridized carbons (Fsp3) is 0.357. The average molecular weight is 229 g/mol. The number of aliphatic imine (C=N–C) groups is 1. The molecule has 17 heavy (non-hydrogen) atoms. The fourth-order valence-corrected chi connectivity index (χ4v) is 2.09. The first-order valence-electron chi connectivity index (χ1n) is 5.69. The van der Waals surface area contributed by atoms with Gasteiger partial charge in [0.05, 0.1) is 0 Å². The van der Waals surface area contributed by atoms with E-state index in [0.717, 1.165) is 12.1 Å². The maximum Gasteiger partial charge on any atom is 0.185 e. The molecular weight excluding hydrogens is 214 g/mol. The van der Waals surface area contributed by atoms with Gasteiger partial charge in [-0.05, 0) is 20.8 Å². The second-order valence-corrected chi connectivity index (χ2v) is 4.47. The predicted octanol–water partition coefficient (Wildman–Crippen LogP) is 2.54. The number of allylic oxidation sites excluding steroid dienone is 5. The van der Waals surface area contributed by atoms with Crippen LogP contribution in [-0.2, 0) is 9.59 Å². The van der Waals surface area contributed by atoms with E-state index in [4.69, 9.17) is 0 Å². The molecule has 0 unspecified atom stereocenters. The zero-order valence-electron chi connectivity index (χ0n) is 10.3. The molecule has 0 spiro atoms. The molecule has 3 nitrogen and oxygen atoms in total. The molecule has 1 aliphatic carbocycles. The summed E-state index contributed by atoms with van der Waals surface area (Å²) in [6.45, 7) is 5.16. The highest BCUT2D eigenvalue weighted by Crippen LogP contribution is 2.27. The largest absolute Gasteiger partial charge is 0.289 e. The third-order valence-corrected chi connectivity index (χ3v) is 3.41. The number of ketones is 2. The van der Waals surface area contributed by atoms with E-state index in [-0.39, 0.29) is 11.6 Å². The molecule has 0 saturated carbocycles. The molecule has 88 valence electrons. The molecule has 1 heterocycles. The third-order valence-electron chi connectivity index (χ3n) is 3.41. The SMILES string of the molecule is CC1=C(C)C(=O)C(CC2=NC=CC2)=C(C)C1=O. The van der Waals surface area contributed by atoms with Crippen LogP contribution in [0, 0.1) is 0 Å². The van der Waals surface area contributed by atoms with Crippen LogP contribution >= 0.6 is 0 Å². The van der Waals surface area contributed by atoms with Gasteiger partial charge in [0.25, 0.3) is 0 Å². The van der Waals surface area contributed by atoms with Gasteiger partial charge in [0.15, 0.2) is 11.6 Å². The van der Waals surface area contributed by atoms with Crippen molar-refractivity contribution in [1.82, 2.24) is 0 Å². The van der Waals surface area contributed by atoms with Crippen molar-refractivity contribution in [2.75, 3.05) is 0 Å².